The Hall–Kier alpha value is -3.94. The van der Waals surface area contributed by atoms with Crippen LogP contribution < -0.4 is 10.6 Å². The van der Waals surface area contributed by atoms with E-state index in [0.29, 0.717) is 24.2 Å². The van der Waals surface area contributed by atoms with Crippen LogP contribution in [0, 0.1) is 6.92 Å². The number of aryl methyl sites for hydroxylation is 1. The van der Waals surface area contributed by atoms with Gasteiger partial charge in [0.25, 0.3) is 5.91 Å². The first-order valence-corrected chi connectivity index (χ1v) is 10.9. The third kappa shape index (κ3) is 4.79. The van der Waals surface area contributed by atoms with E-state index in [-0.39, 0.29) is 37.5 Å². The molecule has 0 bridgehead atoms. The lowest BCUT2D eigenvalue weighted by Gasteiger charge is -2.33. The zero-order valence-electron chi connectivity index (χ0n) is 18.6. The van der Waals surface area contributed by atoms with E-state index in [1.165, 1.54) is 9.80 Å². The Labute approximate surface area is 193 Å². The Morgan fingerprint density at radius 3 is 2.85 bits per heavy atom. The molecule has 8 heteroatoms. The minimum absolute atomic E-state index is 0.0787. The van der Waals surface area contributed by atoms with Gasteiger partial charge in [-0.1, -0.05) is 42.0 Å². The number of hydrogen-bond donors (Lipinski definition) is 2. The summed E-state index contributed by atoms with van der Waals surface area (Å²) in [5.74, 6) is -0.494. The monoisotopic (exact) mass is 445 g/mol. The summed E-state index contributed by atoms with van der Waals surface area (Å²) < 4.78 is 0. The lowest BCUT2D eigenvalue weighted by atomic mass is 9.94. The Morgan fingerprint density at radius 2 is 2.12 bits per heavy atom. The zero-order chi connectivity index (χ0) is 23.4. The van der Waals surface area contributed by atoms with E-state index < -0.39 is 6.04 Å². The minimum Gasteiger partial charge on any atom is -0.354 e. The number of carbonyl (C=O) groups is 3. The lowest BCUT2D eigenvalue weighted by molar-refractivity contribution is -0.131. The lowest BCUT2D eigenvalue weighted by Crippen LogP contribution is -2.47. The fourth-order valence-corrected chi connectivity index (χ4v) is 4.20. The maximum atomic E-state index is 13.4. The maximum Gasteiger partial charge on any atom is 0.322 e. The Morgan fingerprint density at radius 1 is 1.27 bits per heavy atom. The average Bonchev–Trinajstić information content (AvgIpc) is 3.12. The molecule has 0 saturated carbocycles. The van der Waals surface area contributed by atoms with Gasteiger partial charge in [0.15, 0.2) is 0 Å². The third-order valence-corrected chi connectivity index (χ3v) is 5.75. The molecule has 2 N–H and O–H groups in total. The van der Waals surface area contributed by atoms with Gasteiger partial charge < -0.3 is 15.5 Å². The smallest absolute Gasteiger partial charge is 0.322 e. The highest BCUT2D eigenvalue weighted by Gasteiger charge is 2.44. The fraction of sp³-hybridized carbons (Fsp3) is 0.280. The van der Waals surface area contributed by atoms with Crippen molar-refractivity contribution < 1.29 is 14.4 Å². The van der Waals surface area contributed by atoms with E-state index in [9.17, 15) is 14.4 Å². The van der Waals surface area contributed by atoms with Gasteiger partial charge in [-0.05, 0) is 24.6 Å². The number of pyridine rings is 1. The number of rotatable bonds is 8. The summed E-state index contributed by atoms with van der Waals surface area (Å²) >= 11 is 0. The molecule has 0 spiro atoms. The van der Waals surface area contributed by atoms with Crippen LogP contribution in [0.4, 0.5) is 4.79 Å². The maximum absolute atomic E-state index is 13.4. The molecule has 2 aliphatic heterocycles. The second-order valence-corrected chi connectivity index (χ2v) is 8.14. The molecule has 33 heavy (non-hydrogen) atoms. The van der Waals surface area contributed by atoms with Gasteiger partial charge in [0, 0.05) is 31.4 Å². The van der Waals surface area contributed by atoms with Gasteiger partial charge in [-0.2, -0.15) is 0 Å². The van der Waals surface area contributed by atoms with E-state index in [2.05, 4.69) is 22.2 Å². The van der Waals surface area contributed by atoms with Crippen molar-refractivity contribution in [3.63, 3.8) is 0 Å². The molecule has 4 rings (SSSR count). The second kappa shape index (κ2) is 9.68. The molecule has 0 saturated heterocycles. The van der Waals surface area contributed by atoms with Gasteiger partial charge in [0.1, 0.15) is 6.54 Å². The number of benzene rings is 1. The van der Waals surface area contributed by atoms with E-state index in [1.807, 2.05) is 49.4 Å². The number of carbonyl (C=O) groups excluding carboxylic acids is 3. The molecule has 4 amide bonds. The number of aromatic nitrogens is 1. The van der Waals surface area contributed by atoms with Crippen LogP contribution in [-0.2, 0) is 16.0 Å². The summed E-state index contributed by atoms with van der Waals surface area (Å²) in [4.78, 5) is 46.0. The molecule has 1 aromatic heterocycles. The molecule has 2 aliphatic rings. The highest BCUT2D eigenvalue weighted by Crippen LogP contribution is 2.36. The standard InChI is InChI=1S/C25H27N5O3/c1-3-13-30-20-15-29(16-21(31)27-12-10-19-9-4-5-11-26-19)24(32)22(20)23(28-25(30)33)18-8-6-7-17(2)14-18/h3-9,11,14,23H,1,10,12-13,15-16H2,2H3,(H,27,31)(H,28,33). The second-order valence-electron chi connectivity index (χ2n) is 8.14. The van der Waals surface area contributed by atoms with Crippen LogP contribution in [0.1, 0.15) is 22.9 Å². The largest absolute Gasteiger partial charge is 0.354 e. The number of nitrogens with one attached hydrogen (secondary N) is 2. The number of amides is 4. The van der Waals surface area contributed by atoms with Crippen molar-refractivity contribution >= 4 is 17.8 Å². The average molecular weight is 446 g/mol. The molecule has 1 unspecified atom stereocenters. The van der Waals surface area contributed by atoms with Gasteiger partial charge in [-0.3, -0.25) is 19.5 Å². The predicted molar refractivity (Wildman–Crippen MR) is 124 cm³/mol. The topological polar surface area (TPSA) is 94.6 Å². The third-order valence-electron chi connectivity index (χ3n) is 5.75. The van der Waals surface area contributed by atoms with Crippen molar-refractivity contribution in [1.29, 1.82) is 0 Å². The molecule has 8 nitrogen and oxygen atoms in total. The Balaban J connectivity index is 1.48. The molecule has 0 radical (unpaired) electrons. The van der Waals surface area contributed by atoms with Gasteiger partial charge in [-0.25, -0.2) is 4.79 Å². The molecule has 0 fully saturated rings. The molecule has 3 heterocycles. The van der Waals surface area contributed by atoms with Crippen molar-refractivity contribution in [3.8, 4) is 0 Å². The van der Waals surface area contributed by atoms with Gasteiger partial charge in [-0.15, -0.1) is 6.58 Å². The normalized spacial score (nSPS) is 17.7. The van der Waals surface area contributed by atoms with E-state index >= 15 is 0 Å². The van der Waals surface area contributed by atoms with Crippen LogP contribution in [0.5, 0.6) is 0 Å². The first-order chi connectivity index (χ1) is 16.0. The quantitative estimate of drug-likeness (QED) is 0.609. The van der Waals surface area contributed by atoms with E-state index in [1.54, 1.807) is 12.3 Å². The first kappa shape index (κ1) is 22.3. The predicted octanol–water partition coefficient (Wildman–Crippen LogP) is 2.10. The molecule has 2 aromatic rings. The summed E-state index contributed by atoms with van der Waals surface area (Å²) in [7, 11) is 0. The van der Waals surface area contributed by atoms with Gasteiger partial charge >= 0.3 is 6.03 Å². The highest BCUT2D eigenvalue weighted by molar-refractivity contribution is 6.03. The molecular formula is C25H27N5O3. The Bertz CT molecular complexity index is 1110. The van der Waals surface area contributed by atoms with Crippen LogP contribution in [0.2, 0.25) is 0 Å². The van der Waals surface area contributed by atoms with Crippen LogP contribution in [0.15, 0.2) is 72.6 Å². The van der Waals surface area contributed by atoms with Crippen LogP contribution in [0.25, 0.3) is 0 Å². The van der Waals surface area contributed by atoms with Crippen LogP contribution >= 0.6 is 0 Å². The highest BCUT2D eigenvalue weighted by atomic mass is 16.2. The molecule has 1 aromatic carbocycles. The van der Waals surface area contributed by atoms with Crippen LogP contribution in [0.3, 0.4) is 0 Å². The van der Waals surface area contributed by atoms with Crippen molar-refractivity contribution in [2.45, 2.75) is 19.4 Å². The number of nitrogens with zero attached hydrogens (tertiary/aromatic N) is 3. The van der Waals surface area contributed by atoms with E-state index in [4.69, 9.17) is 0 Å². The number of hydrogen-bond acceptors (Lipinski definition) is 4. The summed E-state index contributed by atoms with van der Waals surface area (Å²) in [6.45, 7) is 6.52. The molecular weight excluding hydrogens is 418 g/mol. The number of urea groups is 1. The van der Waals surface area contributed by atoms with Gasteiger partial charge in [0.05, 0.1) is 23.9 Å². The first-order valence-electron chi connectivity index (χ1n) is 10.9. The summed E-state index contributed by atoms with van der Waals surface area (Å²) in [5.41, 5.74) is 3.88. The summed E-state index contributed by atoms with van der Waals surface area (Å²) in [6.07, 6.45) is 3.94. The summed E-state index contributed by atoms with van der Waals surface area (Å²) in [6, 6.07) is 12.5. The molecule has 170 valence electrons. The Kier molecular flexibility index (Phi) is 6.53. The zero-order valence-corrected chi connectivity index (χ0v) is 18.6. The minimum atomic E-state index is -0.557. The van der Waals surface area contributed by atoms with Crippen molar-refractivity contribution in [3.05, 3.63) is 89.4 Å². The molecule has 0 aliphatic carbocycles. The van der Waals surface area contributed by atoms with Gasteiger partial charge in [0.2, 0.25) is 5.91 Å². The van der Waals surface area contributed by atoms with E-state index in [0.717, 1.165) is 16.8 Å². The SMILES string of the molecule is C=CCN1C(=O)NC(c2cccc(C)c2)C2=C1CN(CC(=O)NCCc1ccccn1)C2=O. The summed E-state index contributed by atoms with van der Waals surface area (Å²) in [5, 5.41) is 5.80. The van der Waals surface area contributed by atoms with Crippen molar-refractivity contribution in [2.75, 3.05) is 26.2 Å². The van der Waals surface area contributed by atoms with Crippen molar-refractivity contribution in [2.24, 2.45) is 0 Å². The molecule has 1 atom stereocenters. The fourth-order valence-electron chi connectivity index (χ4n) is 4.20. The van der Waals surface area contributed by atoms with Crippen molar-refractivity contribution in [1.82, 2.24) is 25.4 Å². The van der Waals surface area contributed by atoms with Crippen LogP contribution in [-0.4, -0.2) is 58.8 Å².